The lowest BCUT2D eigenvalue weighted by Crippen LogP contribution is -2.17. The molecule has 8 nitrogen and oxygen atoms in total. The number of ether oxygens (including phenoxy) is 1. The fraction of sp³-hybridized carbons (Fsp3) is 0.0952. The van der Waals surface area contributed by atoms with Crippen LogP contribution in [0, 0.1) is 5.82 Å². The third-order valence-electron chi connectivity index (χ3n) is 4.45. The monoisotopic (exact) mass is 404 g/mol. The summed E-state index contributed by atoms with van der Waals surface area (Å²) in [5.74, 6) is -0.0507. The minimum absolute atomic E-state index is 0.0842. The predicted octanol–water partition coefficient (Wildman–Crippen LogP) is 3.13. The third kappa shape index (κ3) is 4.00. The van der Waals surface area contributed by atoms with E-state index in [1.807, 2.05) is 30.3 Å². The van der Waals surface area contributed by atoms with E-state index in [4.69, 9.17) is 10.5 Å². The Bertz CT molecular complexity index is 1190. The smallest absolute Gasteiger partial charge is 0.409 e. The van der Waals surface area contributed by atoms with Crippen LogP contribution >= 0.6 is 0 Å². The SMILES string of the molecule is Cn1nnc(-c2ccc(-c3ccc(OC(N)=O)c(Cc4ccccc4)c3F)cn2)n1. The van der Waals surface area contributed by atoms with E-state index in [9.17, 15) is 4.79 Å². The van der Waals surface area contributed by atoms with E-state index in [0.717, 1.165) is 5.56 Å². The molecule has 0 unspecified atom stereocenters. The van der Waals surface area contributed by atoms with Gasteiger partial charge in [0.15, 0.2) is 0 Å². The van der Waals surface area contributed by atoms with E-state index >= 15 is 4.39 Å². The fourth-order valence-electron chi connectivity index (χ4n) is 3.07. The molecule has 9 heteroatoms. The molecule has 0 aliphatic heterocycles. The van der Waals surface area contributed by atoms with Crippen LogP contribution in [0.4, 0.5) is 9.18 Å². The highest BCUT2D eigenvalue weighted by Gasteiger charge is 2.18. The van der Waals surface area contributed by atoms with Crippen molar-refractivity contribution < 1.29 is 13.9 Å². The molecule has 0 aliphatic carbocycles. The number of carbonyl (C=O) groups is 1. The second-order valence-corrected chi connectivity index (χ2v) is 6.52. The van der Waals surface area contributed by atoms with Crippen LogP contribution in [-0.4, -0.2) is 31.3 Å². The van der Waals surface area contributed by atoms with Crippen LogP contribution in [0.15, 0.2) is 60.8 Å². The van der Waals surface area contributed by atoms with Crippen molar-refractivity contribution in [3.05, 3.63) is 77.7 Å². The Kier molecular flexibility index (Phi) is 5.17. The number of hydrogen-bond acceptors (Lipinski definition) is 6. The Balaban J connectivity index is 1.73. The van der Waals surface area contributed by atoms with Gasteiger partial charge in [0.1, 0.15) is 17.3 Å². The quantitative estimate of drug-likeness (QED) is 0.547. The standard InChI is InChI=1S/C21H17FN6O2/c1-28-26-20(25-27-28)17-9-7-14(12-24-17)15-8-10-18(30-21(23)29)16(19(15)22)11-13-5-3-2-4-6-13/h2-10,12H,11H2,1H3,(H2,23,29). The van der Waals surface area contributed by atoms with Gasteiger partial charge in [-0.1, -0.05) is 36.4 Å². The number of rotatable bonds is 5. The summed E-state index contributed by atoms with van der Waals surface area (Å²) in [5, 5.41) is 11.8. The van der Waals surface area contributed by atoms with Crippen LogP contribution in [-0.2, 0) is 13.5 Å². The molecule has 0 saturated carbocycles. The predicted molar refractivity (Wildman–Crippen MR) is 107 cm³/mol. The summed E-state index contributed by atoms with van der Waals surface area (Å²) >= 11 is 0. The van der Waals surface area contributed by atoms with Crippen molar-refractivity contribution in [2.75, 3.05) is 0 Å². The number of tetrazole rings is 1. The topological polar surface area (TPSA) is 109 Å². The van der Waals surface area contributed by atoms with Crippen molar-refractivity contribution in [1.82, 2.24) is 25.2 Å². The first-order chi connectivity index (χ1) is 14.5. The molecule has 0 saturated heterocycles. The number of pyridine rings is 1. The van der Waals surface area contributed by atoms with Gasteiger partial charge in [-0.3, -0.25) is 4.98 Å². The van der Waals surface area contributed by atoms with E-state index in [2.05, 4.69) is 20.4 Å². The van der Waals surface area contributed by atoms with Gasteiger partial charge < -0.3 is 10.5 Å². The Morgan fingerprint density at radius 3 is 2.57 bits per heavy atom. The lowest BCUT2D eigenvalue weighted by molar-refractivity contribution is 0.210. The van der Waals surface area contributed by atoms with Crippen LogP contribution in [0.25, 0.3) is 22.6 Å². The van der Waals surface area contributed by atoms with Gasteiger partial charge in [-0.2, -0.15) is 4.80 Å². The molecule has 30 heavy (non-hydrogen) atoms. The number of hydrogen-bond donors (Lipinski definition) is 1. The van der Waals surface area contributed by atoms with Crippen LogP contribution in [0.2, 0.25) is 0 Å². The molecule has 1 amide bonds. The van der Waals surface area contributed by atoms with Crippen LogP contribution in [0.5, 0.6) is 5.75 Å². The summed E-state index contributed by atoms with van der Waals surface area (Å²) in [6.07, 6.45) is 0.766. The molecule has 4 aromatic rings. The summed E-state index contributed by atoms with van der Waals surface area (Å²) in [6.45, 7) is 0. The lowest BCUT2D eigenvalue weighted by Gasteiger charge is -2.13. The number of carbonyl (C=O) groups excluding carboxylic acids is 1. The highest BCUT2D eigenvalue weighted by atomic mass is 19.1. The van der Waals surface area contributed by atoms with Crippen LogP contribution in [0.1, 0.15) is 11.1 Å². The molecule has 0 atom stereocenters. The van der Waals surface area contributed by atoms with E-state index < -0.39 is 11.9 Å². The molecule has 0 fully saturated rings. The minimum atomic E-state index is -1.00. The Labute approximate surface area is 171 Å². The minimum Gasteiger partial charge on any atom is -0.410 e. The van der Waals surface area contributed by atoms with Crippen molar-refractivity contribution in [1.29, 1.82) is 0 Å². The average Bonchev–Trinajstić information content (AvgIpc) is 3.18. The molecule has 4 rings (SSSR count). The van der Waals surface area contributed by atoms with Gasteiger partial charge in [-0.05, 0) is 29.0 Å². The highest BCUT2D eigenvalue weighted by Crippen LogP contribution is 2.33. The second kappa shape index (κ2) is 8.08. The fourth-order valence-corrected chi connectivity index (χ4v) is 3.07. The normalized spacial score (nSPS) is 10.7. The molecule has 0 aliphatic rings. The number of benzene rings is 2. The number of nitrogens with two attached hydrogens (primary N) is 1. The number of nitrogens with zero attached hydrogens (tertiary/aromatic N) is 5. The van der Waals surface area contributed by atoms with E-state index in [0.29, 0.717) is 22.6 Å². The van der Waals surface area contributed by atoms with Gasteiger partial charge in [0, 0.05) is 29.3 Å². The first-order valence-electron chi connectivity index (χ1n) is 9.04. The van der Waals surface area contributed by atoms with Crippen molar-refractivity contribution in [2.45, 2.75) is 6.42 Å². The lowest BCUT2D eigenvalue weighted by atomic mass is 9.97. The van der Waals surface area contributed by atoms with Crippen molar-refractivity contribution in [3.63, 3.8) is 0 Å². The average molecular weight is 404 g/mol. The molecule has 2 aromatic heterocycles. The first-order valence-corrected chi connectivity index (χ1v) is 9.04. The molecule has 150 valence electrons. The molecule has 2 N–H and O–H groups in total. The van der Waals surface area contributed by atoms with Crippen LogP contribution < -0.4 is 10.5 Å². The van der Waals surface area contributed by atoms with Crippen molar-refractivity contribution >= 4 is 6.09 Å². The van der Waals surface area contributed by atoms with E-state index in [1.54, 1.807) is 19.2 Å². The number of halogens is 1. The van der Waals surface area contributed by atoms with Gasteiger partial charge in [-0.15, -0.1) is 10.2 Å². The van der Waals surface area contributed by atoms with Gasteiger partial charge in [0.2, 0.25) is 5.82 Å². The zero-order valence-electron chi connectivity index (χ0n) is 16.0. The highest BCUT2D eigenvalue weighted by molar-refractivity contribution is 5.72. The largest absolute Gasteiger partial charge is 0.410 e. The number of aromatic nitrogens is 5. The van der Waals surface area contributed by atoms with Gasteiger partial charge in [0.25, 0.3) is 0 Å². The second-order valence-electron chi connectivity index (χ2n) is 6.52. The molecule has 2 aromatic carbocycles. The summed E-state index contributed by atoms with van der Waals surface area (Å²) in [5.41, 5.74) is 7.64. The summed E-state index contributed by atoms with van der Waals surface area (Å²) < 4.78 is 20.5. The van der Waals surface area contributed by atoms with Crippen molar-refractivity contribution in [3.8, 4) is 28.4 Å². The Morgan fingerprint density at radius 1 is 1.13 bits per heavy atom. The maximum Gasteiger partial charge on any atom is 0.409 e. The molecule has 0 spiro atoms. The summed E-state index contributed by atoms with van der Waals surface area (Å²) in [7, 11) is 1.66. The zero-order valence-corrected chi connectivity index (χ0v) is 16.0. The van der Waals surface area contributed by atoms with Crippen molar-refractivity contribution in [2.24, 2.45) is 12.8 Å². The molecule has 0 bridgehead atoms. The Hall–Kier alpha value is -4.14. The summed E-state index contributed by atoms with van der Waals surface area (Å²) in [6, 6.07) is 15.8. The van der Waals surface area contributed by atoms with Gasteiger partial charge in [0.05, 0.1) is 7.05 Å². The zero-order chi connectivity index (χ0) is 21.1. The van der Waals surface area contributed by atoms with E-state index in [1.165, 1.54) is 23.1 Å². The molecule has 0 radical (unpaired) electrons. The van der Waals surface area contributed by atoms with E-state index in [-0.39, 0.29) is 17.7 Å². The maximum atomic E-state index is 15.5. The maximum absolute atomic E-state index is 15.5. The van der Waals surface area contributed by atoms with Gasteiger partial charge in [-0.25, -0.2) is 9.18 Å². The first kappa shape index (κ1) is 19.2. The number of primary amides is 1. The third-order valence-corrected chi connectivity index (χ3v) is 4.45. The van der Waals surface area contributed by atoms with Crippen LogP contribution in [0.3, 0.4) is 0 Å². The summed E-state index contributed by atoms with van der Waals surface area (Å²) in [4.78, 5) is 16.9. The number of amides is 1. The molecular weight excluding hydrogens is 387 g/mol. The number of aryl methyl sites for hydroxylation is 1. The van der Waals surface area contributed by atoms with Gasteiger partial charge >= 0.3 is 6.09 Å². The Morgan fingerprint density at radius 2 is 1.93 bits per heavy atom. The molecular formula is C21H17FN6O2. The molecule has 2 heterocycles.